The topological polar surface area (TPSA) is 72.9 Å². The molecule has 1 aliphatic heterocycles. The highest BCUT2D eigenvalue weighted by atomic mass is 32.2. The summed E-state index contributed by atoms with van der Waals surface area (Å²) >= 11 is 0. The van der Waals surface area contributed by atoms with Crippen molar-refractivity contribution in [3.8, 4) is 5.75 Å². The Kier molecular flexibility index (Phi) is 7.17. The first-order valence-electron chi connectivity index (χ1n) is 13.7. The Labute approximate surface area is 238 Å². The van der Waals surface area contributed by atoms with E-state index in [0.29, 0.717) is 12.0 Å². The van der Waals surface area contributed by atoms with Gasteiger partial charge in [-0.15, -0.1) is 0 Å². The number of hydrogen-bond acceptors (Lipinski definition) is 5. The minimum Gasteiger partial charge on any atom is -0.508 e. The molecule has 9 heteroatoms. The number of nitrogens with zero attached hydrogens (tertiary/aromatic N) is 2. The lowest BCUT2D eigenvalue weighted by Gasteiger charge is -2.32. The lowest BCUT2D eigenvalue weighted by Crippen LogP contribution is -2.38. The van der Waals surface area contributed by atoms with Gasteiger partial charge in [-0.25, -0.2) is 17.2 Å². The standard InChI is InChI=1S/C32H31F2N3O3S/c1-21-27-19-35-37(26-14-12-25(33)13-15-26)29(27)18-23-10-11-24(32(21)23)20-36(17-16-22-6-2-4-8-30(22)38)41(39,40)31-9-5-3-7-28(31)34/h2-9,12-15,18-19,21,24,35,38H,10-11,16-17,20H2,1H3/t21-,24+/m0/s1. The van der Waals surface area contributed by atoms with Crippen molar-refractivity contribution in [2.45, 2.75) is 31.1 Å². The van der Waals surface area contributed by atoms with Gasteiger partial charge in [0.05, 0.1) is 11.4 Å². The minimum atomic E-state index is -4.15. The molecule has 0 amide bonds. The summed E-state index contributed by atoms with van der Waals surface area (Å²) < 4.78 is 57.3. The van der Waals surface area contributed by atoms with Crippen molar-refractivity contribution in [2.75, 3.05) is 18.1 Å². The van der Waals surface area contributed by atoms with Gasteiger partial charge in [-0.1, -0.05) is 42.8 Å². The highest BCUT2D eigenvalue weighted by Crippen LogP contribution is 2.48. The van der Waals surface area contributed by atoms with Gasteiger partial charge in [-0.2, -0.15) is 4.31 Å². The maximum absolute atomic E-state index is 14.8. The summed E-state index contributed by atoms with van der Waals surface area (Å²) in [6, 6.07) is 18.6. The molecule has 2 atom stereocenters. The summed E-state index contributed by atoms with van der Waals surface area (Å²) in [7, 11) is -4.15. The molecule has 0 saturated heterocycles. The zero-order chi connectivity index (χ0) is 28.7. The molecule has 0 aromatic heterocycles. The number of rotatable bonds is 8. The molecule has 6 rings (SSSR count). The normalized spacial score (nSPS) is 20.0. The van der Waals surface area contributed by atoms with Gasteiger partial charge in [-0.3, -0.25) is 5.01 Å². The number of aromatic hydroxyl groups is 1. The number of anilines is 1. The number of phenolic OH excluding ortho intramolecular Hbond substituents is 1. The van der Waals surface area contributed by atoms with E-state index >= 15 is 0 Å². The molecule has 0 spiro atoms. The number of sulfonamides is 1. The van der Waals surface area contributed by atoms with E-state index in [4.69, 9.17) is 0 Å². The lowest BCUT2D eigenvalue weighted by atomic mass is 9.80. The van der Waals surface area contributed by atoms with Crippen molar-refractivity contribution in [3.63, 3.8) is 0 Å². The van der Waals surface area contributed by atoms with E-state index in [1.54, 1.807) is 36.4 Å². The lowest BCUT2D eigenvalue weighted by molar-refractivity contribution is 0.354. The number of hydrogen-bond donors (Lipinski definition) is 2. The molecule has 0 fully saturated rings. The second-order valence-electron chi connectivity index (χ2n) is 10.7. The van der Waals surface area contributed by atoms with Gasteiger partial charge in [-0.05, 0) is 84.9 Å². The summed E-state index contributed by atoms with van der Waals surface area (Å²) in [5, 5.41) is 12.2. The summed E-state index contributed by atoms with van der Waals surface area (Å²) in [6.45, 7) is 2.43. The van der Waals surface area contributed by atoms with Crippen molar-refractivity contribution in [1.29, 1.82) is 0 Å². The summed E-state index contributed by atoms with van der Waals surface area (Å²) in [4.78, 5) is -0.346. The summed E-state index contributed by atoms with van der Waals surface area (Å²) in [5.41, 5.74) is 9.19. The Morgan fingerprint density at radius 2 is 1.76 bits per heavy atom. The van der Waals surface area contributed by atoms with Crippen LogP contribution in [0.5, 0.6) is 5.75 Å². The van der Waals surface area contributed by atoms with E-state index in [1.165, 1.54) is 45.8 Å². The first kappa shape index (κ1) is 27.2. The molecule has 0 unspecified atom stereocenters. The molecule has 0 saturated carbocycles. The predicted molar refractivity (Wildman–Crippen MR) is 154 cm³/mol. The fraction of sp³-hybridized carbons (Fsp3) is 0.250. The molecule has 0 bridgehead atoms. The Morgan fingerprint density at radius 1 is 1.02 bits per heavy atom. The molecule has 3 aromatic carbocycles. The zero-order valence-electron chi connectivity index (χ0n) is 22.6. The fourth-order valence-electron chi connectivity index (χ4n) is 6.22. The van der Waals surface area contributed by atoms with E-state index < -0.39 is 15.8 Å². The van der Waals surface area contributed by atoms with Gasteiger partial charge < -0.3 is 10.5 Å². The monoisotopic (exact) mass is 575 g/mol. The molecule has 1 heterocycles. The SMILES string of the molecule is C[C@H]1C2=CNN(c3ccc(F)cc3)C2=CC2=C1[C@@H](CN(CCc1ccccc1O)S(=O)(=O)c1ccccc1F)CC2. The van der Waals surface area contributed by atoms with Gasteiger partial charge in [0.1, 0.15) is 22.3 Å². The third-order valence-corrected chi connectivity index (χ3v) is 10.2. The molecule has 212 valence electrons. The maximum Gasteiger partial charge on any atom is 0.246 e. The Bertz CT molecular complexity index is 1680. The molecule has 41 heavy (non-hydrogen) atoms. The van der Waals surface area contributed by atoms with Gasteiger partial charge in [0, 0.05) is 30.8 Å². The highest BCUT2D eigenvalue weighted by molar-refractivity contribution is 7.89. The van der Waals surface area contributed by atoms with Crippen LogP contribution >= 0.6 is 0 Å². The van der Waals surface area contributed by atoms with E-state index in [-0.39, 0.29) is 41.4 Å². The van der Waals surface area contributed by atoms with E-state index in [2.05, 4.69) is 18.4 Å². The van der Waals surface area contributed by atoms with Crippen molar-refractivity contribution in [3.05, 3.63) is 125 Å². The quantitative estimate of drug-likeness (QED) is 0.342. The number of benzene rings is 3. The van der Waals surface area contributed by atoms with Gasteiger partial charge >= 0.3 is 0 Å². The average molecular weight is 576 g/mol. The van der Waals surface area contributed by atoms with Crippen LogP contribution in [0.15, 0.2) is 112 Å². The van der Waals surface area contributed by atoms with E-state index in [9.17, 15) is 22.3 Å². The number of phenols is 1. The Morgan fingerprint density at radius 3 is 2.51 bits per heavy atom. The summed E-state index contributed by atoms with van der Waals surface area (Å²) in [6.07, 6.45) is 5.95. The van der Waals surface area contributed by atoms with Crippen molar-refractivity contribution < 1.29 is 22.3 Å². The van der Waals surface area contributed by atoms with Crippen molar-refractivity contribution in [1.82, 2.24) is 9.73 Å². The first-order chi connectivity index (χ1) is 19.7. The van der Waals surface area contributed by atoms with Crippen LogP contribution in [0.1, 0.15) is 25.3 Å². The Balaban J connectivity index is 1.31. The highest BCUT2D eigenvalue weighted by Gasteiger charge is 2.40. The number of nitrogens with one attached hydrogen (secondary N) is 1. The summed E-state index contributed by atoms with van der Waals surface area (Å²) in [5.74, 6) is -0.996. The smallest absolute Gasteiger partial charge is 0.246 e. The molecule has 2 N–H and O–H groups in total. The first-order valence-corrected chi connectivity index (χ1v) is 15.2. The zero-order valence-corrected chi connectivity index (χ0v) is 23.4. The number of allylic oxidation sites excluding steroid dienone is 3. The van der Waals surface area contributed by atoms with Crippen LogP contribution in [0.4, 0.5) is 14.5 Å². The second-order valence-corrected chi connectivity index (χ2v) is 12.6. The van der Waals surface area contributed by atoms with Crippen LogP contribution in [0, 0.1) is 23.5 Å². The van der Waals surface area contributed by atoms with Crippen molar-refractivity contribution >= 4 is 15.7 Å². The fourth-order valence-corrected chi connectivity index (χ4v) is 7.77. The van der Waals surface area contributed by atoms with E-state index in [1.807, 2.05) is 11.2 Å². The van der Waals surface area contributed by atoms with Crippen LogP contribution in [-0.2, 0) is 16.4 Å². The number of para-hydroxylation sites is 1. The molecular weight excluding hydrogens is 544 g/mol. The van der Waals surface area contributed by atoms with Crippen molar-refractivity contribution in [2.24, 2.45) is 11.8 Å². The molecule has 6 nitrogen and oxygen atoms in total. The van der Waals surface area contributed by atoms with Crippen LogP contribution < -0.4 is 10.4 Å². The largest absolute Gasteiger partial charge is 0.508 e. The third-order valence-electron chi connectivity index (χ3n) is 8.29. The van der Waals surface area contributed by atoms with Gasteiger partial charge in [0.15, 0.2) is 0 Å². The van der Waals surface area contributed by atoms with Crippen LogP contribution in [0.2, 0.25) is 0 Å². The average Bonchev–Trinajstić information content (AvgIpc) is 3.57. The van der Waals surface area contributed by atoms with E-state index in [0.717, 1.165) is 35.9 Å². The number of hydrazine groups is 1. The second kappa shape index (κ2) is 10.8. The molecule has 3 aliphatic rings. The minimum absolute atomic E-state index is 0.0339. The molecule has 3 aromatic rings. The number of fused-ring (bicyclic) bond motifs is 1. The van der Waals surface area contributed by atoms with Gasteiger partial charge in [0.2, 0.25) is 10.0 Å². The van der Waals surface area contributed by atoms with Crippen LogP contribution in [-0.4, -0.2) is 30.9 Å². The van der Waals surface area contributed by atoms with Crippen LogP contribution in [0.3, 0.4) is 0 Å². The van der Waals surface area contributed by atoms with Gasteiger partial charge in [0.25, 0.3) is 0 Å². The molecular formula is C32H31F2N3O3S. The number of halogens is 2. The molecule has 0 radical (unpaired) electrons. The predicted octanol–water partition coefficient (Wildman–Crippen LogP) is 6.05. The Hall–Kier alpha value is -3.95. The third kappa shape index (κ3) is 5.04. The maximum atomic E-state index is 14.8. The van der Waals surface area contributed by atoms with Crippen LogP contribution in [0.25, 0.3) is 0 Å². The molecule has 2 aliphatic carbocycles.